The molecule has 0 amide bonds. The van der Waals surface area contributed by atoms with Gasteiger partial charge in [-0.2, -0.15) is 0 Å². The maximum atomic E-state index is 5.01. The van der Waals surface area contributed by atoms with Crippen molar-refractivity contribution in [2.24, 2.45) is 5.92 Å². The number of nitrogens with zero attached hydrogens (tertiary/aromatic N) is 3. The molecule has 0 radical (unpaired) electrons. The molecule has 1 saturated heterocycles. The van der Waals surface area contributed by atoms with Crippen LogP contribution in [0.5, 0.6) is 0 Å². The van der Waals surface area contributed by atoms with Crippen LogP contribution >= 0.6 is 0 Å². The van der Waals surface area contributed by atoms with E-state index in [-0.39, 0.29) is 0 Å². The Labute approximate surface area is 133 Å². The molecule has 0 aromatic carbocycles. The Morgan fingerprint density at radius 2 is 1.73 bits per heavy atom. The highest BCUT2D eigenvalue weighted by atomic mass is 15.2. The van der Waals surface area contributed by atoms with E-state index in [2.05, 4.69) is 24.1 Å². The normalized spacial score (nSPS) is 28.4. The van der Waals surface area contributed by atoms with Gasteiger partial charge in [-0.3, -0.25) is 0 Å². The smallest absolute Gasteiger partial charge is 0.137 e. The van der Waals surface area contributed by atoms with Gasteiger partial charge in [0, 0.05) is 30.6 Å². The molecule has 3 fully saturated rings. The fraction of sp³-hybridized carbons (Fsp3) is 0.778. The van der Waals surface area contributed by atoms with E-state index in [1.807, 2.05) is 0 Å². The van der Waals surface area contributed by atoms with Gasteiger partial charge in [-0.05, 0) is 44.9 Å². The first-order chi connectivity index (χ1) is 10.7. The summed E-state index contributed by atoms with van der Waals surface area (Å²) < 4.78 is 0. The molecule has 0 unspecified atom stereocenters. The van der Waals surface area contributed by atoms with Gasteiger partial charge < -0.3 is 10.2 Å². The number of hydrogen-bond acceptors (Lipinski definition) is 4. The quantitative estimate of drug-likeness (QED) is 0.916. The average Bonchev–Trinajstić information content (AvgIpc) is 3.37. The molecule has 120 valence electrons. The minimum Gasteiger partial charge on any atom is -0.367 e. The fourth-order valence-corrected chi connectivity index (χ4v) is 3.52. The highest BCUT2D eigenvalue weighted by molar-refractivity contribution is 5.60. The lowest BCUT2D eigenvalue weighted by Crippen LogP contribution is -2.27. The monoisotopic (exact) mass is 300 g/mol. The van der Waals surface area contributed by atoms with Crippen LogP contribution in [0.25, 0.3) is 0 Å². The van der Waals surface area contributed by atoms with E-state index in [4.69, 9.17) is 9.97 Å². The molecule has 0 spiro atoms. The van der Waals surface area contributed by atoms with Crippen LogP contribution in [0.2, 0.25) is 0 Å². The summed E-state index contributed by atoms with van der Waals surface area (Å²) in [6, 6.07) is 0.648. The number of rotatable bonds is 4. The highest BCUT2D eigenvalue weighted by Crippen LogP contribution is 2.46. The second-order valence-corrected chi connectivity index (χ2v) is 7.52. The zero-order chi connectivity index (χ0) is 15.1. The van der Waals surface area contributed by atoms with E-state index >= 15 is 0 Å². The number of hydrogen-bond donors (Lipinski definition) is 1. The maximum Gasteiger partial charge on any atom is 0.137 e. The molecule has 2 saturated carbocycles. The van der Waals surface area contributed by atoms with Crippen LogP contribution in [0.4, 0.5) is 11.6 Å². The molecule has 3 aliphatic rings. The summed E-state index contributed by atoms with van der Waals surface area (Å²) in [6.07, 6.45) is 9.15. The number of nitrogens with one attached hydrogen (secondary N) is 1. The third-order valence-corrected chi connectivity index (χ3v) is 5.40. The minimum absolute atomic E-state index is 0.589. The van der Waals surface area contributed by atoms with Crippen LogP contribution in [-0.4, -0.2) is 29.1 Å². The van der Waals surface area contributed by atoms with Gasteiger partial charge in [0.1, 0.15) is 17.5 Å². The van der Waals surface area contributed by atoms with Crippen LogP contribution in [-0.2, 0) is 0 Å². The predicted molar refractivity (Wildman–Crippen MR) is 90.6 cm³/mol. The van der Waals surface area contributed by atoms with Crippen molar-refractivity contribution in [3.8, 4) is 0 Å². The Balaban J connectivity index is 1.67. The Kier molecular flexibility index (Phi) is 3.71. The Hall–Kier alpha value is -1.32. The molecule has 1 aromatic rings. The van der Waals surface area contributed by atoms with Gasteiger partial charge in [0.15, 0.2) is 0 Å². The number of aromatic nitrogens is 2. The second kappa shape index (κ2) is 5.71. The van der Waals surface area contributed by atoms with Crippen LogP contribution in [0.3, 0.4) is 0 Å². The van der Waals surface area contributed by atoms with Gasteiger partial charge in [0.2, 0.25) is 0 Å². The van der Waals surface area contributed by atoms with Gasteiger partial charge in [-0.25, -0.2) is 9.97 Å². The number of anilines is 2. The highest BCUT2D eigenvalue weighted by Gasteiger charge is 2.38. The van der Waals surface area contributed by atoms with Crippen LogP contribution in [0.1, 0.15) is 69.2 Å². The molecule has 4 rings (SSSR count). The molecule has 1 aromatic heterocycles. The van der Waals surface area contributed by atoms with Crippen LogP contribution < -0.4 is 10.2 Å². The summed E-state index contributed by atoms with van der Waals surface area (Å²) in [7, 11) is 0. The van der Waals surface area contributed by atoms with Gasteiger partial charge in [0.25, 0.3) is 0 Å². The van der Waals surface area contributed by atoms with Gasteiger partial charge in [0.05, 0.1) is 0 Å². The van der Waals surface area contributed by atoms with Crippen LogP contribution in [0.15, 0.2) is 0 Å². The molecule has 4 nitrogen and oxygen atoms in total. The van der Waals surface area contributed by atoms with Crippen molar-refractivity contribution < 1.29 is 0 Å². The summed E-state index contributed by atoms with van der Waals surface area (Å²) in [6.45, 7) is 6.82. The van der Waals surface area contributed by atoms with Gasteiger partial charge >= 0.3 is 0 Å². The minimum atomic E-state index is 0.589. The molecule has 2 heterocycles. The summed E-state index contributed by atoms with van der Waals surface area (Å²) in [5.41, 5.74) is 1.26. The lowest BCUT2D eigenvalue weighted by molar-refractivity contribution is 0.726. The summed E-state index contributed by atoms with van der Waals surface area (Å²) in [4.78, 5) is 12.4. The third kappa shape index (κ3) is 2.92. The van der Waals surface area contributed by atoms with E-state index in [0.717, 1.165) is 30.6 Å². The Morgan fingerprint density at radius 1 is 1.05 bits per heavy atom. The molecular formula is C18H28N4. The summed E-state index contributed by atoms with van der Waals surface area (Å²) in [5, 5.41) is 3.64. The average molecular weight is 300 g/mol. The second-order valence-electron chi connectivity index (χ2n) is 7.52. The zero-order valence-electron chi connectivity index (χ0n) is 13.9. The standard InChI is InChI=1S/C18H28N4/c1-12-11-15(12)17-20-16(19-14-7-8-14)13(2)18(21-17)22-9-5-3-4-6-10-22/h12,14-15H,3-11H2,1-2H3,(H,19,20,21)/t12-,15-/m1/s1. The Morgan fingerprint density at radius 3 is 2.32 bits per heavy atom. The van der Waals surface area contributed by atoms with Crippen molar-refractivity contribution in [2.75, 3.05) is 23.3 Å². The fourth-order valence-electron chi connectivity index (χ4n) is 3.52. The third-order valence-electron chi connectivity index (χ3n) is 5.40. The van der Waals surface area contributed by atoms with E-state index in [1.165, 1.54) is 56.3 Å². The molecule has 1 N–H and O–H groups in total. The maximum absolute atomic E-state index is 5.01. The van der Waals surface area contributed by atoms with Gasteiger partial charge in [-0.15, -0.1) is 0 Å². The lowest BCUT2D eigenvalue weighted by Gasteiger charge is -2.25. The molecular weight excluding hydrogens is 272 g/mol. The van der Waals surface area contributed by atoms with Crippen molar-refractivity contribution in [1.29, 1.82) is 0 Å². The lowest BCUT2D eigenvalue weighted by atomic mass is 10.2. The zero-order valence-corrected chi connectivity index (χ0v) is 13.9. The molecule has 0 bridgehead atoms. The molecule has 1 aliphatic heterocycles. The molecule has 22 heavy (non-hydrogen) atoms. The summed E-state index contributed by atoms with van der Waals surface area (Å²) in [5.74, 6) is 4.74. The SMILES string of the molecule is Cc1c(NC2CC2)nc([C@@H]2C[C@H]2C)nc1N1CCCCCC1. The topological polar surface area (TPSA) is 41.1 Å². The van der Waals surface area contributed by atoms with E-state index in [0.29, 0.717) is 12.0 Å². The molecule has 2 aliphatic carbocycles. The van der Waals surface area contributed by atoms with Crippen molar-refractivity contribution in [3.63, 3.8) is 0 Å². The van der Waals surface area contributed by atoms with Crippen molar-refractivity contribution in [2.45, 2.75) is 70.8 Å². The summed E-state index contributed by atoms with van der Waals surface area (Å²) >= 11 is 0. The van der Waals surface area contributed by atoms with Crippen molar-refractivity contribution >= 4 is 11.6 Å². The largest absolute Gasteiger partial charge is 0.367 e. The van der Waals surface area contributed by atoms with E-state index in [9.17, 15) is 0 Å². The first-order valence-corrected chi connectivity index (χ1v) is 9.12. The first kappa shape index (κ1) is 14.3. The van der Waals surface area contributed by atoms with Crippen molar-refractivity contribution in [3.05, 3.63) is 11.4 Å². The van der Waals surface area contributed by atoms with Crippen LogP contribution in [0, 0.1) is 12.8 Å². The molecule has 4 heteroatoms. The van der Waals surface area contributed by atoms with E-state index < -0.39 is 0 Å². The predicted octanol–water partition coefficient (Wildman–Crippen LogP) is 3.86. The molecule has 2 atom stereocenters. The Bertz CT molecular complexity index is 544. The van der Waals surface area contributed by atoms with Gasteiger partial charge in [-0.1, -0.05) is 19.8 Å². The first-order valence-electron chi connectivity index (χ1n) is 9.12. The van der Waals surface area contributed by atoms with Crippen molar-refractivity contribution in [1.82, 2.24) is 9.97 Å². The van der Waals surface area contributed by atoms with E-state index in [1.54, 1.807) is 0 Å².